The number of halogens is 1. The highest BCUT2D eigenvalue weighted by Crippen LogP contribution is 2.27. The van der Waals surface area contributed by atoms with Crippen molar-refractivity contribution >= 4 is 34.1 Å². The molecular weight excluding hydrogens is 300 g/mol. The number of aromatic nitrogens is 1. The number of rotatable bonds is 4. The number of benzene rings is 2. The molecule has 22 heavy (non-hydrogen) atoms. The third kappa shape index (κ3) is 2.92. The van der Waals surface area contributed by atoms with E-state index in [4.69, 9.17) is 16.3 Å². The van der Waals surface area contributed by atoms with Crippen LogP contribution in [0.4, 0.5) is 5.69 Å². The molecule has 4 nitrogen and oxygen atoms in total. The first-order chi connectivity index (χ1) is 10.7. The molecule has 0 unspecified atom stereocenters. The molecule has 3 rings (SSSR count). The van der Waals surface area contributed by atoms with Gasteiger partial charge in [0.1, 0.15) is 5.75 Å². The molecule has 0 saturated carbocycles. The van der Waals surface area contributed by atoms with Gasteiger partial charge in [0.25, 0.3) is 0 Å². The lowest BCUT2D eigenvalue weighted by molar-refractivity contribution is -0.115. The van der Waals surface area contributed by atoms with Crippen LogP contribution in [0, 0.1) is 0 Å². The number of carbonyl (C=O) groups excluding carboxylic acids is 1. The lowest BCUT2D eigenvalue weighted by Gasteiger charge is -2.08. The molecule has 0 bridgehead atoms. The third-order valence-corrected chi connectivity index (χ3v) is 3.76. The molecule has 1 heterocycles. The molecule has 1 amide bonds. The quantitative estimate of drug-likeness (QED) is 0.764. The summed E-state index contributed by atoms with van der Waals surface area (Å²) in [5.41, 5.74) is 2.64. The lowest BCUT2D eigenvalue weighted by atomic mass is 10.1. The summed E-state index contributed by atoms with van der Waals surface area (Å²) < 4.78 is 5.09. The molecule has 5 heteroatoms. The number of methoxy groups -OCH3 is 1. The summed E-state index contributed by atoms with van der Waals surface area (Å²) in [5.74, 6) is 0.488. The second kappa shape index (κ2) is 6.12. The fraction of sp³-hybridized carbons (Fsp3) is 0.118. The van der Waals surface area contributed by atoms with E-state index in [0.29, 0.717) is 22.9 Å². The number of para-hydroxylation sites is 1. The number of amides is 1. The van der Waals surface area contributed by atoms with Gasteiger partial charge in [-0.1, -0.05) is 29.8 Å². The Morgan fingerprint density at radius 2 is 2.09 bits per heavy atom. The first kappa shape index (κ1) is 14.5. The third-order valence-electron chi connectivity index (χ3n) is 3.46. The van der Waals surface area contributed by atoms with Crippen LogP contribution in [0.2, 0.25) is 5.02 Å². The zero-order valence-corrected chi connectivity index (χ0v) is 12.8. The summed E-state index contributed by atoms with van der Waals surface area (Å²) in [7, 11) is 1.55. The predicted molar refractivity (Wildman–Crippen MR) is 88.6 cm³/mol. The highest BCUT2D eigenvalue weighted by Gasteiger charge is 2.10. The summed E-state index contributed by atoms with van der Waals surface area (Å²) in [5, 5.41) is 4.37. The van der Waals surface area contributed by atoms with Crippen molar-refractivity contribution in [2.75, 3.05) is 12.4 Å². The van der Waals surface area contributed by atoms with E-state index >= 15 is 0 Å². The highest BCUT2D eigenvalue weighted by atomic mass is 35.5. The number of anilines is 1. The van der Waals surface area contributed by atoms with Gasteiger partial charge in [0.05, 0.1) is 18.6 Å². The molecule has 0 atom stereocenters. The summed E-state index contributed by atoms with van der Waals surface area (Å²) in [6.45, 7) is 0. The monoisotopic (exact) mass is 314 g/mol. The first-order valence-electron chi connectivity index (χ1n) is 6.86. The van der Waals surface area contributed by atoms with Crippen molar-refractivity contribution in [1.29, 1.82) is 0 Å². The summed E-state index contributed by atoms with van der Waals surface area (Å²) in [6.07, 6.45) is 2.17. The van der Waals surface area contributed by atoms with Gasteiger partial charge in [0, 0.05) is 22.8 Å². The Bertz CT molecular complexity index is 826. The summed E-state index contributed by atoms with van der Waals surface area (Å²) >= 11 is 6.05. The van der Waals surface area contributed by atoms with Crippen LogP contribution in [0.15, 0.2) is 48.7 Å². The average molecular weight is 315 g/mol. The van der Waals surface area contributed by atoms with Crippen molar-refractivity contribution < 1.29 is 9.53 Å². The molecule has 1 aromatic heterocycles. The Kier molecular flexibility index (Phi) is 4.02. The van der Waals surface area contributed by atoms with Crippen LogP contribution in [0.5, 0.6) is 5.75 Å². The largest absolute Gasteiger partial charge is 0.495 e. The van der Waals surface area contributed by atoms with E-state index in [1.54, 1.807) is 25.3 Å². The van der Waals surface area contributed by atoms with Crippen LogP contribution in [0.3, 0.4) is 0 Å². The fourth-order valence-electron chi connectivity index (χ4n) is 2.40. The van der Waals surface area contributed by atoms with E-state index in [2.05, 4.69) is 10.3 Å². The number of carbonyl (C=O) groups is 1. The minimum atomic E-state index is -0.0917. The Morgan fingerprint density at radius 3 is 2.86 bits per heavy atom. The topological polar surface area (TPSA) is 54.1 Å². The van der Waals surface area contributed by atoms with Crippen LogP contribution < -0.4 is 10.1 Å². The van der Waals surface area contributed by atoms with Crippen LogP contribution >= 0.6 is 11.6 Å². The van der Waals surface area contributed by atoms with Crippen LogP contribution in [-0.4, -0.2) is 18.0 Å². The Balaban J connectivity index is 1.74. The number of hydrogen-bond acceptors (Lipinski definition) is 2. The lowest BCUT2D eigenvalue weighted by Crippen LogP contribution is -2.14. The van der Waals surface area contributed by atoms with Gasteiger partial charge in [-0.25, -0.2) is 0 Å². The van der Waals surface area contributed by atoms with Crippen molar-refractivity contribution in [3.63, 3.8) is 0 Å². The van der Waals surface area contributed by atoms with Crippen LogP contribution in [0.25, 0.3) is 10.9 Å². The average Bonchev–Trinajstić information content (AvgIpc) is 2.91. The van der Waals surface area contributed by atoms with Gasteiger partial charge >= 0.3 is 0 Å². The van der Waals surface area contributed by atoms with E-state index in [1.807, 2.05) is 30.5 Å². The van der Waals surface area contributed by atoms with Crippen molar-refractivity contribution in [2.45, 2.75) is 6.42 Å². The minimum Gasteiger partial charge on any atom is -0.495 e. The van der Waals surface area contributed by atoms with E-state index < -0.39 is 0 Å². The molecule has 0 aliphatic rings. The van der Waals surface area contributed by atoms with E-state index in [0.717, 1.165) is 16.5 Å². The first-order valence-corrected chi connectivity index (χ1v) is 7.23. The number of ether oxygens (including phenoxy) is 1. The van der Waals surface area contributed by atoms with Crippen molar-refractivity contribution in [3.05, 3.63) is 59.2 Å². The molecule has 0 radical (unpaired) electrons. The fourth-order valence-corrected chi connectivity index (χ4v) is 2.66. The molecular formula is C17H15ClN2O2. The van der Waals surface area contributed by atoms with Gasteiger partial charge in [-0.3, -0.25) is 4.79 Å². The predicted octanol–water partition coefficient (Wildman–Crippen LogP) is 4.01. The molecule has 0 aliphatic carbocycles. The number of nitrogens with one attached hydrogen (secondary N) is 2. The molecule has 2 N–H and O–H groups in total. The maximum atomic E-state index is 12.2. The van der Waals surface area contributed by atoms with Crippen molar-refractivity contribution in [1.82, 2.24) is 4.98 Å². The van der Waals surface area contributed by atoms with Gasteiger partial charge in [0.15, 0.2) is 0 Å². The Hall–Kier alpha value is -2.46. The molecule has 0 fully saturated rings. The van der Waals surface area contributed by atoms with Gasteiger partial charge in [-0.15, -0.1) is 0 Å². The van der Waals surface area contributed by atoms with Gasteiger partial charge in [-0.05, 0) is 29.8 Å². The van der Waals surface area contributed by atoms with Crippen molar-refractivity contribution in [3.8, 4) is 5.75 Å². The molecule has 3 aromatic rings. The standard InChI is InChI=1S/C17H15ClN2O2/c1-22-16-7-6-12(9-14(16)18)20-17(21)8-11-10-19-15-5-3-2-4-13(11)15/h2-7,9-10,19H,8H2,1H3,(H,20,21). The van der Waals surface area contributed by atoms with Gasteiger partial charge in [-0.2, -0.15) is 0 Å². The minimum absolute atomic E-state index is 0.0917. The maximum absolute atomic E-state index is 12.2. The normalized spacial score (nSPS) is 10.6. The highest BCUT2D eigenvalue weighted by molar-refractivity contribution is 6.32. The summed E-state index contributed by atoms with van der Waals surface area (Å²) in [6, 6.07) is 13.1. The molecule has 0 aliphatic heterocycles. The number of fused-ring (bicyclic) bond motifs is 1. The second-order valence-electron chi connectivity index (χ2n) is 4.93. The number of hydrogen-bond donors (Lipinski definition) is 2. The summed E-state index contributed by atoms with van der Waals surface area (Å²) in [4.78, 5) is 15.4. The zero-order valence-electron chi connectivity index (χ0n) is 12.0. The Labute approximate surface area is 133 Å². The van der Waals surface area contributed by atoms with Crippen LogP contribution in [0.1, 0.15) is 5.56 Å². The second-order valence-corrected chi connectivity index (χ2v) is 5.34. The van der Waals surface area contributed by atoms with Crippen molar-refractivity contribution in [2.24, 2.45) is 0 Å². The van der Waals surface area contributed by atoms with Gasteiger partial charge in [0.2, 0.25) is 5.91 Å². The van der Waals surface area contributed by atoms with E-state index in [9.17, 15) is 4.79 Å². The van der Waals surface area contributed by atoms with E-state index in [-0.39, 0.29) is 5.91 Å². The smallest absolute Gasteiger partial charge is 0.228 e. The molecule has 0 saturated heterocycles. The molecule has 112 valence electrons. The number of aromatic amines is 1. The Morgan fingerprint density at radius 1 is 1.27 bits per heavy atom. The maximum Gasteiger partial charge on any atom is 0.228 e. The van der Waals surface area contributed by atoms with Gasteiger partial charge < -0.3 is 15.0 Å². The molecule has 2 aromatic carbocycles. The zero-order chi connectivity index (χ0) is 15.5. The van der Waals surface area contributed by atoms with E-state index in [1.165, 1.54) is 0 Å². The van der Waals surface area contributed by atoms with Crippen LogP contribution in [-0.2, 0) is 11.2 Å². The number of H-pyrrole nitrogens is 1. The SMILES string of the molecule is COc1ccc(NC(=O)Cc2c[nH]c3ccccc23)cc1Cl. The molecule has 0 spiro atoms.